The van der Waals surface area contributed by atoms with Gasteiger partial charge in [0.25, 0.3) is 0 Å². The number of anilines is 2. The lowest BCUT2D eigenvalue weighted by Gasteiger charge is -2.31. The minimum atomic E-state index is 0.0623. The first-order chi connectivity index (χ1) is 12.1. The van der Waals surface area contributed by atoms with Crippen LogP contribution in [0.25, 0.3) is 0 Å². The van der Waals surface area contributed by atoms with Crippen LogP contribution in [0.4, 0.5) is 11.4 Å². The first-order valence-corrected chi connectivity index (χ1v) is 9.13. The highest BCUT2D eigenvalue weighted by Gasteiger charge is 2.17. The van der Waals surface area contributed by atoms with Crippen molar-refractivity contribution in [3.63, 3.8) is 0 Å². The number of nitrogens with one attached hydrogen (secondary N) is 2. The number of likely N-dealkylation sites (N-methyl/N-ethyl adjacent to an activating group) is 1. The highest BCUT2D eigenvalue weighted by molar-refractivity contribution is 5.91. The second-order valence-electron chi connectivity index (χ2n) is 7.06. The van der Waals surface area contributed by atoms with E-state index in [9.17, 15) is 4.79 Å². The van der Waals surface area contributed by atoms with Crippen molar-refractivity contribution >= 4 is 17.3 Å². The molecule has 2 aromatic rings. The van der Waals surface area contributed by atoms with Crippen LogP contribution in [0.15, 0.2) is 54.6 Å². The SMILES string of the molecule is C[C@H](CC(=O)Nc1ccc(N2CC[NH+](C)CC2)cc1)c1ccccc1. The molecule has 0 saturated carbocycles. The summed E-state index contributed by atoms with van der Waals surface area (Å²) in [5.41, 5.74) is 3.31. The van der Waals surface area contributed by atoms with Gasteiger partial charge in [-0.05, 0) is 35.7 Å². The van der Waals surface area contributed by atoms with Crippen LogP contribution in [0.5, 0.6) is 0 Å². The Hall–Kier alpha value is -2.33. The van der Waals surface area contributed by atoms with Gasteiger partial charge in [0.15, 0.2) is 0 Å². The number of quaternary nitrogens is 1. The van der Waals surface area contributed by atoms with E-state index in [1.54, 1.807) is 4.90 Å². The van der Waals surface area contributed by atoms with E-state index in [0.29, 0.717) is 6.42 Å². The average Bonchev–Trinajstić information content (AvgIpc) is 2.64. The van der Waals surface area contributed by atoms with Gasteiger partial charge < -0.3 is 15.1 Å². The van der Waals surface area contributed by atoms with Crippen molar-refractivity contribution in [2.75, 3.05) is 43.4 Å². The van der Waals surface area contributed by atoms with E-state index in [4.69, 9.17) is 0 Å². The quantitative estimate of drug-likeness (QED) is 0.876. The molecule has 2 aromatic carbocycles. The molecule has 1 saturated heterocycles. The Morgan fingerprint density at radius 2 is 1.72 bits per heavy atom. The van der Waals surface area contributed by atoms with Crippen molar-refractivity contribution in [1.82, 2.24) is 0 Å². The highest BCUT2D eigenvalue weighted by Crippen LogP contribution is 2.21. The van der Waals surface area contributed by atoms with Crippen LogP contribution in [-0.4, -0.2) is 39.1 Å². The van der Waals surface area contributed by atoms with Gasteiger partial charge in [0.2, 0.25) is 5.91 Å². The van der Waals surface area contributed by atoms with Gasteiger partial charge in [0.05, 0.1) is 33.2 Å². The number of carbonyl (C=O) groups excluding carboxylic acids is 1. The summed E-state index contributed by atoms with van der Waals surface area (Å²) in [6.45, 7) is 6.62. The zero-order valence-corrected chi connectivity index (χ0v) is 15.2. The van der Waals surface area contributed by atoms with Crippen LogP contribution in [0.3, 0.4) is 0 Å². The van der Waals surface area contributed by atoms with Gasteiger partial charge >= 0.3 is 0 Å². The van der Waals surface area contributed by atoms with Crippen LogP contribution >= 0.6 is 0 Å². The van der Waals surface area contributed by atoms with Crippen molar-refractivity contribution in [1.29, 1.82) is 0 Å². The number of nitrogens with zero attached hydrogens (tertiary/aromatic N) is 1. The van der Waals surface area contributed by atoms with E-state index < -0.39 is 0 Å². The summed E-state index contributed by atoms with van der Waals surface area (Å²) in [4.78, 5) is 16.3. The summed E-state index contributed by atoms with van der Waals surface area (Å²) >= 11 is 0. The minimum Gasteiger partial charge on any atom is -0.360 e. The van der Waals surface area contributed by atoms with Gasteiger partial charge in [-0.3, -0.25) is 4.79 Å². The van der Waals surface area contributed by atoms with Gasteiger partial charge in [0.1, 0.15) is 0 Å². The Morgan fingerprint density at radius 1 is 1.08 bits per heavy atom. The lowest BCUT2D eigenvalue weighted by atomic mass is 9.97. The van der Waals surface area contributed by atoms with Crippen LogP contribution in [-0.2, 0) is 4.79 Å². The van der Waals surface area contributed by atoms with Crippen LogP contribution in [0, 0.1) is 0 Å². The summed E-state index contributed by atoms with van der Waals surface area (Å²) < 4.78 is 0. The van der Waals surface area contributed by atoms with E-state index in [0.717, 1.165) is 18.8 Å². The fourth-order valence-corrected chi connectivity index (χ4v) is 3.29. The van der Waals surface area contributed by atoms with Crippen molar-refractivity contribution in [3.8, 4) is 0 Å². The smallest absolute Gasteiger partial charge is 0.224 e. The second kappa shape index (κ2) is 8.17. The molecule has 0 bridgehead atoms. The standard InChI is InChI=1S/C21H27N3O/c1-17(18-6-4-3-5-7-18)16-21(25)22-19-8-10-20(11-9-19)24-14-12-23(2)13-15-24/h3-11,17H,12-16H2,1-2H3,(H,22,25)/p+1/t17-/m1/s1. The molecule has 4 nitrogen and oxygen atoms in total. The van der Waals surface area contributed by atoms with Crippen molar-refractivity contribution in [2.24, 2.45) is 0 Å². The van der Waals surface area contributed by atoms with E-state index >= 15 is 0 Å². The maximum atomic E-state index is 12.3. The molecule has 4 heteroatoms. The monoisotopic (exact) mass is 338 g/mol. The fraction of sp³-hybridized carbons (Fsp3) is 0.381. The molecule has 1 amide bonds. The van der Waals surface area contributed by atoms with Crippen LogP contribution in [0.2, 0.25) is 0 Å². The first-order valence-electron chi connectivity index (χ1n) is 9.13. The molecule has 3 rings (SSSR count). The zero-order chi connectivity index (χ0) is 17.6. The Balaban J connectivity index is 1.53. The lowest BCUT2D eigenvalue weighted by Crippen LogP contribution is -3.12. The summed E-state index contributed by atoms with van der Waals surface area (Å²) in [6.07, 6.45) is 0.493. The van der Waals surface area contributed by atoms with E-state index in [2.05, 4.69) is 48.5 Å². The number of benzene rings is 2. The third-order valence-corrected chi connectivity index (χ3v) is 4.99. The Labute approximate surface area is 150 Å². The number of hydrogen-bond acceptors (Lipinski definition) is 2. The molecule has 0 radical (unpaired) electrons. The molecular weight excluding hydrogens is 310 g/mol. The van der Waals surface area contributed by atoms with Gasteiger partial charge in [-0.15, -0.1) is 0 Å². The largest absolute Gasteiger partial charge is 0.360 e. The molecule has 1 fully saturated rings. The number of carbonyl (C=O) groups is 1. The third-order valence-electron chi connectivity index (χ3n) is 4.99. The summed E-state index contributed by atoms with van der Waals surface area (Å²) in [7, 11) is 2.24. The summed E-state index contributed by atoms with van der Waals surface area (Å²) in [5.74, 6) is 0.278. The molecule has 1 atom stereocenters. The van der Waals surface area contributed by atoms with Crippen LogP contribution < -0.4 is 15.1 Å². The highest BCUT2D eigenvalue weighted by atomic mass is 16.1. The molecule has 1 heterocycles. The molecule has 1 aliphatic heterocycles. The molecule has 0 aromatic heterocycles. The van der Waals surface area contributed by atoms with E-state index in [1.165, 1.54) is 24.3 Å². The fourth-order valence-electron chi connectivity index (χ4n) is 3.29. The molecule has 25 heavy (non-hydrogen) atoms. The topological polar surface area (TPSA) is 36.8 Å². The molecule has 0 aliphatic carbocycles. The summed E-state index contributed by atoms with van der Waals surface area (Å²) in [5, 5.41) is 3.02. The zero-order valence-electron chi connectivity index (χ0n) is 15.2. The first kappa shape index (κ1) is 17.5. The van der Waals surface area contributed by atoms with Crippen molar-refractivity contribution < 1.29 is 9.69 Å². The molecule has 0 spiro atoms. The molecule has 132 valence electrons. The van der Waals surface area contributed by atoms with Crippen LogP contribution in [0.1, 0.15) is 24.8 Å². The number of hydrogen-bond donors (Lipinski definition) is 2. The molecule has 2 N–H and O–H groups in total. The number of rotatable bonds is 5. The van der Waals surface area contributed by atoms with E-state index in [-0.39, 0.29) is 11.8 Å². The lowest BCUT2D eigenvalue weighted by molar-refractivity contribution is -0.880. The predicted octanol–water partition coefficient (Wildman–Crippen LogP) is 2.15. The van der Waals surface area contributed by atoms with E-state index in [1.807, 2.05) is 30.3 Å². The molecule has 0 unspecified atom stereocenters. The minimum absolute atomic E-state index is 0.0623. The molecule has 1 aliphatic rings. The number of amides is 1. The van der Waals surface area contributed by atoms with Gasteiger partial charge in [-0.1, -0.05) is 37.3 Å². The van der Waals surface area contributed by atoms with Crippen molar-refractivity contribution in [3.05, 3.63) is 60.2 Å². The maximum absolute atomic E-state index is 12.3. The Kier molecular flexibility index (Phi) is 5.71. The maximum Gasteiger partial charge on any atom is 0.224 e. The van der Waals surface area contributed by atoms with Gasteiger partial charge in [-0.2, -0.15) is 0 Å². The second-order valence-corrected chi connectivity index (χ2v) is 7.06. The third kappa shape index (κ3) is 4.83. The Bertz CT molecular complexity index is 676. The van der Waals surface area contributed by atoms with Gasteiger partial charge in [0, 0.05) is 17.8 Å². The number of piperazine rings is 1. The van der Waals surface area contributed by atoms with Crippen molar-refractivity contribution in [2.45, 2.75) is 19.3 Å². The predicted molar refractivity (Wildman–Crippen MR) is 103 cm³/mol. The average molecular weight is 338 g/mol. The Morgan fingerprint density at radius 3 is 2.36 bits per heavy atom. The molecular formula is C21H28N3O+. The van der Waals surface area contributed by atoms with Gasteiger partial charge in [-0.25, -0.2) is 0 Å². The normalized spacial score (nSPS) is 16.5. The summed E-state index contributed by atoms with van der Waals surface area (Å²) in [6, 6.07) is 18.4.